The van der Waals surface area contributed by atoms with Crippen molar-refractivity contribution in [1.29, 1.82) is 0 Å². The van der Waals surface area contributed by atoms with Crippen LogP contribution < -0.4 is 5.32 Å². The predicted molar refractivity (Wildman–Crippen MR) is 83.1 cm³/mol. The molecule has 2 heterocycles. The summed E-state index contributed by atoms with van der Waals surface area (Å²) in [6, 6.07) is 4.57. The Kier molecular flexibility index (Phi) is 4.60. The first-order valence-corrected chi connectivity index (χ1v) is 7.17. The zero-order valence-electron chi connectivity index (χ0n) is 13.1. The van der Waals surface area contributed by atoms with E-state index in [4.69, 9.17) is 0 Å². The standard InChI is InChI=1S/C15H25N5/c1-11(2)6-13(9-19(4)5)18-15-8-12(3)7-14-16-10-17-20(14)15/h7-8,10-11,13,18H,6,9H2,1-5H3. The van der Waals surface area contributed by atoms with Crippen LogP contribution in [0, 0.1) is 12.8 Å². The smallest absolute Gasteiger partial charge is 0.157 e. The van der Waals surface area contributed by atoms with Gasteiger partial charge in [-0.2, -0.15) is 9.61 Å². The minimum Gasteiger partial charge on any atom is -0.366 e. The van der Waals surface area contributed by atoms with Crippen molar-refractivity contribution in [3.05, 3.63) is 24.0 Å². The molecular formula is C15H25N5. The third kappa shape index (κ3) is 3.70. The zero-order chi connectivity index (χ0) is 14.7. The Morgan fingerprint density at radius 2 is 2.05 bits per heavy atom. The number of nitrogens with one attached hydrogen (secondary N) is 1. The first kappa shape index (κ1) is 14.8. The quantitative estimate of drug-likeness (QED) is 0.879. The maximum Gasteiger partial charge on any atom is 0.157 e. The number of anilines is 1. The number of likely N-dealkylation sites (N-methyl/N-ethyl adjacent to an activating group) is 1. The highest BCUT2D eigenvalue weighted by atomic mass is 15.3. The minimum atomic E-state index is 0.402. The van der Waals surface area contributed by atoms with Crippen LogP contribution in [0.2, 0.25) is 0 Å². The maximum atomic E-state index is 4.30. The molecule has 0 aliphatic heterocycles. The first-order chi connectivity index (χ1) is 9.45. The highest BCUT2D eigenvalue weighted by Gasteiger charge is 2.14. The Morgan fingerprint density at radius 3 is 2.70 bits per heavy atom. The molecule has 0 aliphatic carbocycles. The van der Waals surface area contributed by atoms with Crippen molar-refractivity contribution in [2.24, 2.45) is 5.92 Å². The Hall–Kier alpha value is -1.62. The third-order valence-corrected chi connectivity index (χ3v) is 3.22. The largest absolute Gasteiger partial charge is 0.366 e. The number of hydrogen-bond donors (Lipinski definition) is 1. The molecule has 0 aliphatic rings. The summed E-state index contributed by atoms with van der Waals surface area (Å²) in [6.07, 6.45) is 2.73. The van der Waals surface area contributed by atoms with E-state index in [1.807, 2.05) is 10.6 Å². The fourth-order valence-electron chi connectivity index (χ4n) is 2.56. The highest BCUT2D eigenvalue weighted by molar-refractivity contribution is 5.51. The van der Waals surface area contributed by atoms with Gasteiger partial charge in [-0.05, 0) is 51.1 Å². The summed E-state index contributed by atoms with van der Waals surface area (Å²) in [7, 11) is 4.21. The van der Waals surface area contributed by atoms with Crippen LogP contribution >= 0.6 is 0 Å². The molecule has 0 fully saturated rings. The van der Waals surface area contributed by atoms with Crippen LogP contribution in [-0.2, 0) is 0 Å². The van der Waals surface area contributed by atoms with Crippen LogP contribution in [0.4, 0.5) is 5.82 Å². The molecule has 110 valence electrons. The molecule has 5 nitrogen and oxygen atoms in total. The summed E-state index contributed by atoms with van der Waals surface area (Å²) >= 11 is 0. The lowest BCUT2D eigenvalue weighted by atomic mass is 10.0. The van der Waals surface area contributed by atoms with Crippen molar-refractivity contribution in [2.45, 2.75) is 33.2 Å². The molecule has 0 saturated heterocycles. The van der Waals surface area contributed by atoms with Gasteiger partial charge in [0.05, 0.1) is 0 Å². The van der Waals surface area contributed by atoms with Crippen molar-refractivity contribution in [2.75, 3.05) is 26.0 Å². The maximum absolute atomic E-state index is 4.30. The van der Waals surface area contributed by atoms with E-state index < -0.39 is 0 Å². The van der Waals surface area contributed by atoms with Crippen LogP contribution in [0.15, 0.2) is 18.5 Å². The van der Waals surface area contributed by atoms with Gasteiger partial charge in [0.25, 0.3) is 0 Å². The van der Waals surface area contributed by atoms with Crippen LogP contribution in [0.5, 0.6) is 0 Å². The van der Waals surface area contributed by atoms with E-state index >= 15 is 0 Å². The second-order valence-corrected chi connectivity index (χ2v) is 6.18. The molecule has 0 radical (unpaired) electrons. The third-order valence-electron chi connectivity index (χ3n) is 3.22. The lowest BCUT2D eigenvalue weighted by molar-refractivity contribution is 0.355. The zero-order valence-corrected chi connectivity index (χ0v) is 13.1. The number of aromatic nitrogens is 3. The number of aryl methyl sites for hydroxylation is 1. The molecule has 1 atom stereocenters. The summed E-state index contributed by atoms with van der Waals surface area (Å²) < 4.78 is 1.87. The molecular weight excluding hydrogens is 250 g/mol. The second-order valence-electron chi connectivity index (χ2n) is 6.18. The van der Waals surface area contributed by atoms with Crippen molar-refractivity contribution in [3.8, 4) is 0 Å². The fourth-order valence-corrected chi connectivity index (χ4v) is 2.56. The van der Waals surface area contributed by atoms with E-state index in [-0.39, 0.29) is 0 Å². The first-order valence-electron chi connectivity index (χ1n) is 7.17. The van der Waals surface area contributed by atoms with Gasteiger partial charge in [0, 0.05) is 12.6 Å². The van der Waals surface area contributed by atoms with Gasteiger partial charge in [-0.1, -0.05) is 13.8 Å². The van der Waals surface area contributed by atoms with Gasteiger partial charge in [0.1, 0.15) is 12.1 Å². The Balaban J connectivity index is 2.25. The summed E-state index contributed by atoms with van der Waals surface area (Å²) in [6.45, 7) is 7.60. The van der Waals surface area contributed by atoms with Crippen molar-refractivity contribution in [3.63, 3.8) is 0 Å². The van der Waals surface area contributed by atoms with E-state index in [9.17, 15) is 0 Å². The van der Waals surface area contributed by atoms with Crippen molar-refractivity contribution < 1.29 is 0 Å². The Bertz CT molecular complexity index is 548. The minimum absolute atomic E-state index is 0.402. The highest BCUT2D eigenvalue weighted by Crippen LogP contribution is 2.17. The summed E-state index contributed by atoms with van der Waals surface area (Å²) in [4.78, 5) is 6.49. The Morgan fingerprint density at radius 1 is 1.30 bits per heavy atom. The molecule has 20 heavy (non-hydrogen) atoms. The summed E-state index contributed by atoms with van der Waals surface area (Å²) in [5.41, 5.74) is 2.08. The van der Waals surface area contributed by atoms with Crippen molar-refractivity contribution >= 4 is 11.5 Å². The van der Waals surface area contributed by atoms with Crippen LogP contribution in [0.1, 0.15) is 25.8 Å². The summed E-state index contributed by atoms with van der Waals surface area (Å²) in [5, 5.41) is 7.93. The van der Waals surface area contributed by atoms with Crippen LogP contribution in [-0.4, -0.2) is 46.2 Å². The van der Waals surface area contributed by atoms with Gasteiger partial charge in [-0.15, -0.1) is 0 Å². The average molecular weight is 275 g/mol. The monoisotopic (exact) mass is 275 g/mol. The molecule has 0 spiro atoms. The molecule has 0 aromatic carbocycles. The van der Waals surface area contributed by atoms with Gasteiger partial charge in [0.15, 0.2) is 5.65 Å². The molecule has 1 unspecified atom stereocenters. The number of pyridine rings is 1. The second kappa shape index (κ2) is 6.22. The van der Waals surface area contributed by atoms with Gasteiger partial charge in [-0.3, -0.25) is 0 Å². The Labute approximate surface area is 121 Å². The van der Waals surface area contributed by atoms with Crippen molar-refractivity contribution in [1.82, 2.24) is 19.5 Å². The van der Waals surface area contributed by atoms with E-state index in [1.54, 1.807) is 6.33 Å². The fraction of sp³-hybridized carbons (Fsp3) is 0.600. The molecule has 1 N–H and O–H groups in total. The van der Waals surface area contributed by atoms with Gasteiger partial charge < -0.3 is 10.2 Å². The average Bonchev–Trinajstić information content (AvgIpc) is 2.74. The van der Waals surface area contributed by atoms with E-state index in [2.05, 4.69) is 61.2 Å². The van der Waals surface area contributed by atoms with Gasteiger partial charge in [0.2, 0.25) is 0 Å². The van der Waals surface area contributed by atoms with Gasteiger partial charge >= 0.3 is 0 Å². The van der Waals surface area contributed by atoms with E-state index in [0.29, 0.717) is 12.0 Å². The lowest BCUT2D eigenvalue weighted by Gasteiger charge is -2.25. The molecule has 0 bridgehead atoms. The lowest BCUT2D eigenvalue weighted by Crippen LogP contribution is -2.34. The molecule has 0 saturated carbocycles. The summed E-state index contributed by atoms with van der Waals surface area (Å²) in [5.74, 6) is 1.67. The molecule has 2 aromatic heterocycles. The van der Waals surface area contributed by atoms with Crippen LogP contribution in [0.3, 0.4) is 0 Å². The predicted octanol–water partition coefficient (Wildman–Crippen LogP) is 2.43. The number of hydrogen-bond acceptors (Lipinski definition) is 4. The molecule has 2 aromatic rings. The number of nitrogens with zero attached hydrogens (tertiary/aromatic N) is 4. The molecule has 2 rings (SSSR count). The topological polar surface area (TPSA) is 45.5 Å². The van der Waals surface area contributed by atoms with E-state index in [0.717, 1.165) is 24.4 Å². The van der Waals surface area contributed by atoms with E-state index in [1.165, 1.54) is 5.56 Å². The molecule has 5 heteroatoms. The SMILES string of the molecule is Cc1cc(NC(CC(C)C)CN(C)C)n2ncnc2c1. The van der Waals surface area contributed by atoms with Gasteiger partial charge in [-0.25, -0.2) is 4.98 Å². The molecule has 0 amide bonds. The number of fused-ring (bicyclic) bond motifs is 1. The normalized spacial score (nSPS) is 13.3. The van der Waals surface area contributed by atoms with Crippen LogP contribution in [0.25, 0.3) is 5.65 Å². The number of rotatable bonds is 6.